The summed E-state index contributed by atoms with van der Waals surface area (Å²) in [5.41, 5.74) is 0.500. The fourth-order valence-electron chi connectivity index (χ4n) is 2.55. The van der Waals surface area contributed by atoms with Gasteiger partial charge in [0.2, 0.25) is 0 Å². The van der Waals surface area contributed by atoms with Gasteiger partial charge in [-0.2, -0.15) is 0 Å². The van der Waals surface area contributed by atoms with Crippen molar-refractivity contribution in [2.75, 3.05) is 6.61 Å². The molecule has 144 valence electrons. The molecule has 4 nitrogen and oxygen atoms in total. The van der Waals surface area contributed by atoms with Crippen molar-refractivity contribution in [3.63, 3.8) is 0 Å². The molecule has 0 saturated heterocycles. The summed E-state index contributed by atoms with van der Waals surface area (Å²) in [6.45, 7) is 5.77. The van der Waals surface area contributed by atoms with Gasteiger partial charge in [0, 0.05) is 4.47 Å². The van der Waals surface area contributed by atoms with Crippen molar-refractivity contribution in [2.45, 2.75) is 64.3 Å². The molecular weight excluding hydrogens is 394 g/mol. The van der Waals surface area contributed by atoms with Crippen LogP contribution in [0.2, 0.25) is 0 Å². The highest BCUT2D eigenvalue weighted by Gasteiger charge is 2.18. The second-order valence-corrected chi connectivity index (χ2v) is 7.25. The number of hydrogen-bond donors (Lipinski definition) is 1. The molecule has 1 rings (SSSR count). The van der Waals surface area contributed by atoms with Crippen LogP contribution in [0.3, 0.4) is 0 Å². The largest absolute Gasteiger partial charge is 0.464 e. The van der Waals surface area contributed by atoms with Gasteiger partial charge >= 0.3 is 5.97 Å². The van der Waals surface area contributed by atoms with Gasteiger partial charge < -0.3 is 10.1 Å². The quantitative estimate of drug-likeness (QED) is 0.261. The first-order chi connectivity index (χ1) is 12.6. The summed E-state index contributed by atoms with van der Waals surface area (Å²) in [5, 5.41) is 2.67. The number of allylic oxidation sites excluding steroid dienone is 1. The number of hydrogen-bond acceptors (Lipinski definition) is 3. The first-order valence-corrected chi connectivity index (χ1v) is 10.2. The van der Waals surface area contributed by atoms with Crippen LogP contribution in [0.5, 0.6) is 0 Å². The number of ether oxygens (including phenoxy) is 1. The van der Waals surface area contributed by atoms with Crippen molar-refractivity contribution in [1.29, 1.82) is 0 Å². The Morgan fingerprint density at radius 3 is 2.38 bits per heavy atom. The van der Waals surface area contributed by atoms with Gasteiger partial charge in [-0.25, -0.2) is 4.79 Å². The van der Waals surface area contributed by atoms with Crippen molar-refractivity contribution < 1.29 is 14.3 Å². The zero-order chi connectivity index (χ0) is 19.2. The van der Waals surface area contributed by atoms with E-state index in [4.69, 9.17) is 4.74 Å². The average molecular weight is 424 g/mol. The lowest BCUT2D eigenvalue weighted by Gasteiger charge is -2.14. The summed E-state index contributed by atoms with van der Waals surface area (Å²) in [5.74, 6) is -0.687. The van der Waals surface area contributed by atoms with Gasteiger partial charge in [-0.3, -0.25) is 4.79 Å². The van der Waals surface area contributed by atoms with Crippen LogP contribution < -0.4 is 5.32 Å². The Labute approximate surface area is 165 Å². The third-order valence-electron chi connectivity index (χ3n) is 4.12. The number of rotatable bonds is 13. The molecule has 0 bridgehead atoms. The lowest BCUT2D eigenvalue weighted by molar-refractivity contribution is -0.145. The maximum Gasteiger partial charge on any atom is 0.328 e. The van der Waals surface area contributed by atoms with E-state index in [-0.39, 0.29) is 5.91 Å². The van der Waals surface area contributed by atoms with E-state index in [1.165, 1.54) is 32.1 Å². The zero-order valence-electron chi connectivity index (χ0n) is 15.6. The molecule has 0 aliphatic rings. The SMILES string of the molecule is C=CCCCCCCCCCOC(=O)[C@H](C)NC(=O)c1ccccc1Br. The number of nitrogens with one attached hydrogen (secondary N) is 1. The van der Waals surface area contributed by atoms with Crippen LogP contribution in [0.25, 0.3) is 0 Å². The fraction of sp³-hybridized carbons (Fsp3) is 0.524. The number of unbranched alkanes of at least 4 members (excludes halogenated alkanes) is 7. The summed E-state index contributed by atoms with van der Waals surface area (Å²) in [4.78, 5) is 24.1. The third kappa shape index (κ3) is 9.18. The topological polar surface area (TPSA) is 55.4 Å². The van der Waals surface area contributed by atoms with E-state index >= 15 is 0 Å². The van der Waals surface area contributed by atoms with Crippen LogP contribution in [-0.2, 0) is 9.53 Å². The Hall–Kier alpha value is -1.62. The smallest absolute Gasteiger partial charge is 0.328 e. The number of carbonyl (C=O) groups excluding carboxylic acids is 2. The number of esters is 1. The van der Waals surface area contributed by atoms with Crippen LogP contribution in [0.1, 0.15) is 68.6 Å². The normalized spacial score (nSPS) is 11.6. The Morgan fingerprint density at radius 1 is 1.12 bits per heavy atom. The standard InChI is InChI=1S/C21H30BrNO3/c1-3-4-5-6-7-8-9-10-13-16-26-21(25)17(2)23-20(24)18-14-11-12-15-19(18)22/h3,11-12,14-15,17H,1,4-10,13,16H2,2H3,(H,23,24)/t17-/m0/s1. The molecule has 1 atom stereocenters. The molecule has 26 heavy (non-hydrogen) atoms. The van der Waals surface area contributed by atoms with Crippen LogP contribution in [0.15, 0.2) is 41.4 Å². The van der Waals surface area contributed by atoms with Crippen LogP contribution in [0.4, 0.5) is 0 Å². The Balaban J connectivity index is 2.12. The van der Waals surface area contributed by atoms with Gasteiger partial charge in [0.25, 0.3) is 5.91 Å². The van der Waals surface area contributed by atoms with Crippen molar-refractivity contribution >= 4 is 27.8 Å². The predicted octanol–water partition coefficient (Wildman–Crippen LogP) is 5.42. The average Bonchev–Trinajstić information content (AvgIpc) is 2.63. The zero-order valence-corrected chi connectivity index (χ0v) is 17.2. The van der Waals surface area contributed by atoms with Gasteiger partial charge in [-0.15, -0.1) is 6.58 Å². The van der Waals surface area contributed by atoms with E-state index in [1.54, 1.807) is 25.1 Å². The van der Waals surface area contributed by atoms with E-state index in [2.05, 4.69) is 27.8 Å². The van der Waals surface area contributed by atoms with E-state index < -0.39 is 12.0 Å². The van der Waals surface area contributed by atoms with Gasteiger partial charge in [0.1, 0.15) is 6.04 Å². The molecule has 1 N–H and O–H groups in total. The van der Waals surface area contributed by atoms with E-state index in [0.717, 1.165) is 19.3 Å². The summed E-state index contributed by atoms with van der Waals surface area (Å²) in [6, 6.07) is 6.44. The van der Waals surface area contributed by atoms with Gasteiger partial charge in [-0.1, -0.05) is 50.3 Å². The number of amides is 1. The molecule has 0 aliphatic carbocycles. The highest BCUT2D eigenvalue weighted by molar-refractivity contribution is 9.10. The molecule has 0 unspecified atom stereocenters. The highest BCUT2D eigenvalue weighted by Crippen LogP contribution is 2.15. The molecule has 0 fully saturated rings. The highest BCUT2D eigenvalue weighted by atomic mass is 79.9. The van der Waals surface area contributed by atoms with Crippen LogP contribution in [0, 0.1) is 0 Å². The Morgan fingerprint density at radius 2 is 1.73 bits per heavy atom. The molecule has 0 aromatic heterocycles. The van der Waals surface area contributed by atoms with Crippen molar-refractivity contribution in [3.8, 4) is 0 Å². The second-order valence-electron chi connectivity index (χ2n) is 6.39. The van der Waals surface area contributed by atoms with Gasteiger partial charge in [0.15, 0.2) is 0 Å². The number of benzene rings is 1. The molecule has 0 aliphatic heterocycles. The molecule has 5 heteroatoms. The van der Waals surface area contributed by atoms with Gasteiger partial charge in [-0.05, 0) is 54.2 Å². The molecular formula is C21H30BrNO3. The summed E-state index contributed by atoms with van der Waals surface area (Å²) < 4.78 is 5.95. The maximum absolute atomic E-state index is 12.2. The summed E-state index contributed by atoms with van der Waals surface area (Å²) in [7, 11) is 0. The Kier molecular flexibility index (Phi) is 11.7. The van der Waals surface area contributed by atoms with Gasteiger partial charge in [0.05, 0.1) is 12.2 Å². The monoisotopic (exact) mass is 423 g/mol. The Bertz CT molecular complexity index is 574. The first kappa shape index (κ1) is 22.4. The van der Waals surface area contributed by atoms with Crippen molar-refractivity contribution in [2.24, 2.45) is 0 Å². The number of halogens is 1. The molecule has 1 aromatic carbocycles. The minimum Gasteiger partial charge on any atom is -0.464 e. The number of carbonyl (C=O) groups is 2. The molecule has 0 spiro atoms. The molecule has 0 saturated carbocycles. The van der Waals surface area contributed by atoms with E-state index in [0.29, 0.717) is 16.6 Å². The van der Waals surface area contributed by atoms with E-state index in [1.807, 2.05) is 12.1 Å². The van der Waals surface area contributed by atoms with Crippen molar-refractivity contribution in [3.05, 3.63) is 47.0 Å². The summed E-state index contributed by atoms with van der Waals surface area (Å²) in [6.07, 6.45) is 11.1. The van der Waals surface area contributed by atoms with E-state index in [9.17, 15) is 9.59 Å². The van der Waals surface area contributed by atoms with Crippen molar-refractivity contribution in [1.82, 2.24) is 5.32 Å². The predicted molar refractivity (Wildman–Crippen MR) is 109 cm³/mol. The lowest BCUT2D eigenvalue weighted by atomic mass is 10.1. The summed E-state index contributed by atoms with van der Waals surface area (Å²) >= 11 is 3.33. The van der Waals surface area contributed by atoms with Crippen LogP contribution in [-0.4, -0.2) is 24.5 Å². The molecule has 0 heterocycles. The molecule has 1 amide bonds. The molecule has 1 aromatic rings. The second kappa shape index (κ2) is 13.6. The minimum absolute atomic E-state index is 0.293. The lowest BCUT2D eigenvalue weighted by Crippen LogP contribution is -2.39. The molecule has 0 radical (unpaired) electrons. The van der Waals surface area contributed by atoms with Crippen LogP contribution >= 0.6 is 15.9 Å². The fourth-order valence-corrected chi connectivity index (χ4v) is 3.02. The first-order valence-electron chi connectivity index (χ1n) is 9.39. The third-order valence-corrected chi connectivity index (χ3v) is 4.81. The maximum atomic E-state index is 12.2. The minimum atomic E-state index is -0.667.